The fraction of sp³-hybridized carbons (Fsp3) is 0.538. The maximum atomic E-state index is 12.1. The molecule has 0 spiro atoms. The molecule has 16 heavy (non-hydrogen) atoms. The molecule has 1 N–H and O–H groups in total. The van der Waals surface area contributed by atoms with Crippen molar-refractivity contribution >= 4 is 10.8 Å². The average Bonchev–Trinajstić information content (AvgIpc) is 2.29. The van der Waals surface area contributed by atoms with E-state index in [1.165, 1.54) is 0 Å². The monoisotopic (exact) mass is 239 g/mol. The molecule has 1 rings (SSSR count). The molecule has 0 amide bonds. The van der Waals surface area contributed by atoms with E-state index in [0.717, 1.165) is 12.1 Å². The quantitative estimate of drug-likeness (QED) is 0.825. The van der Waals surface area contributed by atoms with Crippen LogP contribution in [-0.2, 0) is 16.6 Å². The molecule has 0 radical (unpaired) electrons. The summed E-state index contributed by atoms with van der Waals surface area (Å²) in [4.78, 5) is 0. The Bertz CT molecular complexity index is 326. The molecule has 0 aliphatic heterocycles. The van der Waals surface area contributed by atoms with Gasteiger partial charge in [0.1, 0.15) is 0 Å². The fourth-order valence-electron chi connectivity index (χ4n) is 1.59. The summed E-state index contributed by atoms with van der Waals surface area (Å²) in [5.74, 6) is 0.651. The molecule has 90 valence electrons. The Hall–Kier alpha value is -0.670. The van der Waals surface area contributed by atoms with Gasteiger partial charge in [-0.1, -0.05) is 37.3 Å². The lowest BCUT2D eigenvalue weighted by Gasteiger charge is -2.20. The first-order valence-electron chi connectivity index (χ1n) is 5.79. The van der Waals surface area contributed by atoms with Crippen molar-refractivity contribution in [2.75, 3.05) is 6.54 Å². The van der Waals surface area contributed by atoms with E-state index in [1.54, 1.807) is 0 Å². The van der Waals surface area contributed by atoms with Gasteiger partial charge in [0.25, 0.3) is 0 Å². The highest BCUT2D eigenvalue weighted by atomic mass is 32.2. The largest absolute Gasteiger partial charge is 0.313 e. The van der Waals surface area contributed by atoms with Crippen LogP contribution in [0.3, 0.4) is 0 Å². The number of rotatable bonds is 6. The second-order valence-corrected chi connectivity index (χ2v) is 5.86. The van der Waals surface area contributed by atoms with Gasteiger partial charge in [0.15, 0.2) is 0 Å². The van der Waals surface area contributed by atoms with Crippen LogP contribution >= 0.6 is 0 Å². The predicted octanol–water partition coefficient (Wildman–Crippen LogP) is 2.32. The first-order valence-corrected chi connectivity index (χ1v) is 7.17. The normalized spacial score (nSPS) is 16.7. The number of hydrogen-bond donors (Lipinski definition) is 1. The van der Waals surface area contributed by atoms with E-state index >= 15 is 0 Å². The van der Waals surface area contributed by atoms with E-state index in [-0.39, 0.29) is 5.25 Å². The zero-order valence-electron chi connectivity index (χ0n) is 10.3. The topological polar surface area (TPSA) is 29.1 Å². The fourth-order valence-corrected chi connectivity index (χ4v) is 2.92. The van der Waals surface area contributed by atoms with Crippen molar-refractivity contribution in [3.8, 4) is 0 Å². The molecule has 3 heteroatoms. The van der Waals surface area contributed by atoms with Crippen molar-refractivity contribution in [2.45, 2.75) is 37.8 Å². The van der Waals surface area contributed by atoms with Crippen molar-refractivity contribution in [1.29, 1.82) is 0 Å². The molecule has 3 atom stereocenters. The highest BCUT2D eigenvalue weighted by Crippen LogP contribution is 2.09. The van der Waals surface area contributed by atoms with Crippen molar-refractivity contribution in [3.05, 3.63) is 35.9 Å². The second-order valence-electron chi connectivity index (χ2n) is 4.06. The third-order valence-electron chi connectivity index (χ3n) is 2.80. The predicted molar refractivity (Wildman–Crippen MR) is 70.9 cm³/mol. The zero-order chi connectivity index (χ0) is 12.0. The van der Waals surface area contributed by atoms with Crippen LogP contribution in [0, 0.1) is 0 Å². The van der Waals surface area contributed by atoms with E-state index in [4.69, 9.17) is 0 Å². The van der Waals surface area contributed by atoms with Gasteiger partial charge < -0.3 is 5.32 Å². The Morgan fingerprint density at radius 3 is 2.44 bits per heavy atom. The molecule has 2 nitrogen and oxygen atoms in total. The van der Waals surface area contributed by atoms with Crippen LogP contribution in [0.5, 0.6) is 0 Å². The van der Waals surface area contributed by atoms with Gasteiger partial charge in [-0.3, -0.25) is 4.21 Å². The van der Waals surface area contributed by atoms with E-state index in [0.29, 0.717) is 11.8 Å². The van der Waals surface area contributed by atoms with E-state index < -0.39 is 10.8 Å². The zero-order valence-corrected chi connectivity index (χ0v) is 11.1. The molecule has 0 heterocycles. The van der Waals surface area contributed by atoms with Gasteiger partial charge in [0.05, 0.1) is 0 Å². The summed E-state index contributed by atoms with van der Waals surface area (Å²) in [6.45, 7) is 7.14. The summed E-state index contributed by atoms with van der Waals surface area (Å²) in [6, 6.07) is 10.3. The SMILES string of the molecule is CCNC(C)C(C)S(=O)Cc1ccccc1. The van der Waals surface area contributed by atoms with Crippen LogP contribution in [0.1, 0.15) is 26.3 Å². The highest BCUT2D eigenvalue weighted by molar-refractivity contribution is 7.84. The molecule has 0 saturated carbocycles. The second kappa shape index (κ2) is 6.81. The minimum Gasteiger partial charge on any atom is -0.313 e. The minimum atomic E-state index is -0.810. The van der Waals surface area contributed by atoms with E-state index in [1.807, 2.05) is 37.3 Å². The molecule has 0 aliphatic rings. The Morgan fingerprint density at radius 1 is 1.25 bits per heavy atom. The van der Waals surface area contributed by atoms with Gasteiger partial charge in [-0.2, -0.15) is 0 Å². The van der Waals surface area contributed by atoms with Crippen LogP contribution in [0.2, 0.25) is 0 Å². The summed E-state index contributed by atoms with van der Waals surface area (Å²) < 4.78 is 12.1. The third-order valence-corrected chi connectivity index (χ3v) is 4.65. The first kappa shape index (κ1) is 13.4. The van der Waals surface area contributed by atoms with Crippen LogP contribution in [-0.4, -0.2) is 22.0 Å². The molecule has 0 bridgehead atoms. The summed E-state index contributed by atoms with van der Waals surface area (Å²) in [6.07, 6.45) is 0. The third kappa shape index (κ3) is 4.06. The van der Waals surface area contributed by atoms with E-state index in [9.17, 15) is 4.21 Å². The van der Waals surface area contributed by atoms with Gasteiger partial charge in [-0.05, 0) is 26.0 Å². The van der Waals surface area contributed by atoms with Gasteiger partial charge in [-0.25, -0.2) is 0 Å². The van der Waals surface area contributed by atoms with Gasteiger partial charge in [-0.15, -0.1) is 0 Å². The van der Waals surface area contributed by atoms with Gasteiger partial charge in [0, 0.05) is 27.8 Å². The van der Waals surface area contributed by atoms with Crippen molar-refractivity contribution in [2.24, 2.45) is 0 Å². The standard InChI is InChI=1S/C13H21NOS/c1-4-14-11(2)12(3)16(15)10-13-8-6-5-7-9-13/h5-9,11-12,14H,4,10H2,1-3H3. The molecule has 0 aromatic heterocycles. The maximum Gasteiger partial charge on any atom is 0.0488 e. The summed E-state index contributed by atoms with van der Waals surface area (Å²) in [5.41, 5.74) is 1.15. The van der Waals surface area contributed by atoms with Gasteiger partial charge >= 0.3 is 0 Å². The molecular formula is C13H21NOS. The van der Waals surface area contributed by atoms with E-state index in [2.05, 4.69) is 19.2 Å². The van der Waals surface area contributed by atoms with Crippen LogP contribution in [0.15, 0.2) is 30.3 Å². The molecule has 0 saturated heterocycles. The molecule has 1 aromatic rings. The number of nitrogens with one attached hydrogen (secondary N) is 1. The summed E-state index contributed by atoms with van der Waals surface area (Å²) in [7, 11) is -0.810. The summed E-state index contributed by atoms with van der Waals surface area (Å²) in [5, 5.41) is 3.50. The van der Waals surface area contributed by atoms with Crippen molar-refractivity contribution < 1.29 is 4.21 Å². The number of benzene rings is 1. The van der Waals surface area contributed by atoms with Crippen LogP contribution < -0.4 is 5.32 Å². The van der Waals surface area contributed by atoms with Crippen LogP contribution in [0.25, 0.3) is 0 Å². The van der Waals surface area contributed by atoms with Crippen LogP contribution in [0.4, 0.5) is 0 Å². The average molecular weight is 239 g/mol. The smallest absolute Gasteiger partial charge is 0.0488 e. The molecule has 0 fully saturated rings. The Balaban J connectivity index is 2.52. The molecule has 1 aromatic carbocycles. The lowest BCUT2D eigenvalue weighted by Crippen LogP contribution is -2.38. The lowest BCUT2D eigenvalue weighted by atomic mass is 10.2. The lowest BCUT2D eigenvalue weighted by molar-refractivity contribution is 0.549. The highest BCUT2D eigenvalue weighted by Gasteiger charge is 2.17. The number of hydrogen-bond acceptors (Lipinski definition) is 2. The van der Waals surface area contributed by atoms with Gasteiger partial charge in [0.2, 0.25) is 0 Å². The van der Waals surface area contributed by atoms with Crippen molar-refractivity contribution in [1.82, 2.24) is 5.32 Å². The molecular weight excluding hydrogens is 218 g/mol. The maximum absolute atomic E-state index is 12.1. The minimum absolute atomic E-state index is 0.181. The Kier molecular flexibility index (Phi) is 5.71. The van der Waals surface area contributed by atoms with Crippen molar-refractivity contribution in [3.63, 3.8) is 0 Å². The molecule has 0 aliphatic carbocycles. The summed E-state index contributed by atoms with van der Waals surface area (Å²) >= 11 is 0. The Labute approximate surface area is 101 Å². The molecule has 3 unspecified atom stereocenters. The Morgan fingerprint density at radius 2 is 1.88 bits per heavy atom. The first-order chi connectivity index (χ1) is 7.65.